The van der Waals surface area contributed by atoms with E-state index in [4.69, 9.17) is 4.74 Å². The van der Waals surface area contributed by atoms with Crippen LogP contribution in [0.25, 0.3) is 0 Å². The van der Waals surface area contributed by atoms with Gasteiger partial charge in [-0.15, -0.1) is 0 Å². The molecule has 0 saturated heterocycles. The molecule has 3 heteroatoms. The Kier molecular flexibility index (Phi) is 5.31. The summed E-state index contributed by atoms with van der Waals surface area (Å²) in [5.74, 6) is 0.794. The fourth-order valence-corrected chi connectivity index (χ4v) is 4.92. The zero-order valence-corrected chi connectivity index (χ0v) is 15.7. The fraction of sp³-hybridized carbons (Fsp3) is 1.00. The van der Waals surface area contributed by atoms with E-state index < -0.39 is 6.10 Å². The van der Waals surface area contributed by atoms with Gasteiger partial charge in [-0.1, -0.05) is 20.8 Å². The van der Waals surface area contributed by atoms with Crippen LogP contribution in [0.3, 0.4) is 0 Å². The predicted octanol–water partition coefficient (Wildman–Crippen LogP) is 3.70. The van der Waals surface area contributed by atoms with E-state index in [0.29, 0.717) is 36.8 Å². The molecule has 0 spiro atoms. The average molecular weight is 312 g/mol. The number of rotatable bonds is 7. The van der Waals surface area contributed by atoms with Crippen LogP contribution < -0.4 is 0 Å². The first-order chi connectivity index (χ1) is 10.1. The first-order valence-corrected chi connectivity index (χ1v) is 9.15. The average Bonchev–Trinajstić information content (AvgIpc) is 2.74. The zero-order chi connectivity index (χ0) is 16.7. The second kappa shape index (κ2) is 6.41. The van der Waals surface area contributed by atoms with Crippen molar-refractivity contribution < 1.29 is 9.84 Å². The first-order valence-electron chi connectivity index (χ1n) is 9.15. The molecule has 1 N–H and O–H groups in total. The number of hydrogen-bond donors (Lipinski definition) is 1. The van der Waals surface area contributed by atoms with Crippen LogP contribution in [-0.2, 0) is 4.74 Å². The highest BCUT2D eigenvalue weighted by Crippen LogP contribution is 2.66. The Morgan fingerprint density at radius 2 is 1.73 bits per heavy atom. The second-order valence-electron chi connectivity index (χ2n) is 8.97. The van der Waals surface area contributed by atoms with Crippen molar-refractivity contribution in [2.24, 2.45) is 16.7 Å². The number of aliphatic hydroxyl groups is 1. The van der Waals surface area contributed by atoms with Gasteiger partial charge < -0.3 is 9.84 Å². The van der Waals surface area contributed by atoms with Crippen LogP contribution in [0.2, 0.25) is 0 Å². The molecule has 2 aliphatic rings. The molecule has 130 valence electrons. The summed E-state index contributed by atoms with van der Waals surface area (Å²) in [6, 6.07) is 0.905. The summed E-state index contributed by atoms with van der Waals surface area (Å²) >= 11 is 0. The maximum atomic E-state index is 10.4. The lowest BCUT2D eigenvalue weighted by Crippen LogP contribution is -2.44. The largest absolute Gasteiger partial charge is 0.389 e. The smallest absolute Gasteiger partial charge is 0.0900 e. The zero-order valence-electron chi connectivity index (χ0n) is 15.7. The third-order valence-corrected chi connectivity index (χ3v) is 6.95. The van der Waals surface area contributed by atoms with Gasteiger partial charge in [-0.25, -0.2) is 0 Å². The van der Waals surface area contributed by atoms with Crippen LogP contribution >= 0.6 is 0 Å². The molecule has 4 atom stereocenters. The number of hydrogen-bond acceptors (Lipinski definition) is 3. The van der Waals surface area contributed by atoms with E-state index in [1.807, 2.05) is 0 Å². The molecule has 0 aromatic carbocycles. The SMILES string of the molecule is CC(C)N(C[C@H](O)CO[C@@H]1C[C@@H]2CC[C@]1(C)C2(C)C)C(C)C. The lowest BCUT2D eigenvalue weighted by molar-refractivity contribution is -0.0819. The minimum absolute atomic E-state index is 0.285. The summed E-state index contributed by atoms with van der Waals surface area (Å²) < 4.78 is 6.22. The molecule has 0 radical (unpaired) electrons. The van der Waals surface area contributed by atoms with Crippen molar-refractivity contribution in [3.8, 4) is 0 Å². The minimum Gasteiger partial charge on any atom is -0.389 e. The fourth-order valence-electron chi connectivity index (χ4n) is 4.92. The van der Waals surface area contributed by atoms with Crippen LogP contribution in [0.4, 0.5) is 0 Å². The molecule has 2 saturated carbocycles. The molecule has 0 aromatic rings. The maximum Gasteiger partial charge on any atom is 0.0900 e. The molecule has 2 aliphatic carbocycles. The lowest BCUT2D eigenvalue weighted by Gasteiger charge is -2.39. The number of ether oxygens (including phenoxy) is 1. The van der Waals surface area contributed by atoms with Crippen LogP contribution in [-0.4, -0.2) is 47.4 Å². The Bertz CT molecular complexity index is 372. The normalized spacial score (nSPS) is 35.0. The highest BCUT2D eigenvalue weighted by Gasteiger charge is 2.61. The minimum atomic E-state index is -0.393. The number of fused-ring (bicyclic) bond motifs is 2. The van der Waals surface area contributed by atoms with Gasteiger partial charge in [0.2, 0.25) is 0 Å². The van der Waals surface area contributed by atoms with E-state index in [1.165, 1.54) is 19.3 Å². The van der Waals surface area contributed by atoms with Gasteiger partial charge >= 0.3 is 0 Å². The molecule has 0 aliphatic heterocycles. The third-order valence-electron chi connectivity index (χ3n) is 6.95. The van der Waals surface area contributed by atoms with Crippen molar-refractivity contribution >= 4 is 0 Å². The summed E-state index contributed by atoms with van der Waals surface area (Å²) in [5.41, 5.74) is 0.664. The van der Waals surface area contributed by atoms with Crippen LogP contribution in [0.1, 0.15) is 67.7 Å². The monoisotopic (exact) mass is 311 g/mol. The molecule has 0 aromatic heterocycles. The Balaban J connectivity index is 1.86. The van der Waals surface area contributed by atoms with Crippen molar-refractivity contribution in [1.82, 2.24) is 4.90 Å². The van der Waals surface area contributed by atoms with Crippen molar-refractivity contribution in [3.63, 3.8) is 0 Å². The molecule has 22 heavy (non-hydrogen) atoms. The van der Waals surface area contributed by atoms with Gasteiger partial charge in [0.05, 0.1) is 18.8 Å². The van der Waals surface area contributed by atoms with Gasteiger partial charge in [-0.3, -0.25) is 4.90 Å². The predicted molar refractivity (Wildman–Crippen MR) is 92.0 cm³/mol. The quantitative estimate of drug-likeness (QED) is 0.778. The van der Waals surface area contributed by atoms with Crippen LogP contribution in [0, 0.1) is 16.7 Å². The van der Waals surface area contributed by atoms with Gasteiger partial charge in [-0.05, 0) is 63.7 Å². The van der Waals surface area contributed by atoms with Gasteiger partial charge in [0.15, 0.2) is 0 Å². The van der Waals surface area contributed by atoms with E-state index in [9.17, 15) is 5.11 Å². The van der Waals surface area contributed by atoms with Gasteiger partial charge in [0.25, 0.3) is 0 Å². The van der Waals surface area contributed by atoms with E-state index in [1.54, 1.807) is 0 Å². The van der Waals surface area contributed by atoms with Gasteiger partial charge in [-0.2, -0.15) is 0 Å². The summed E-state index contributed by atoms with van der Waals surface area (Å²) in [6.45, 7) is 17.1. The van der Waals surface area contributed by atoms with Crippen LogP contribution in [0.15, 0.2) is 0 Å². The Hall–Kier alpha value is -0.120. The van der Waals surface area contributed by atoms with Crippen molar-refractivity contribution in [1.29, 1.82) is 0 Å². The van der Waals surface area contributed by atoms with Gasteiger partial charge in [0, 0.05) is 18.6 Å². The summed E-state index contributed by atoms with van der Waals surface area (Å²) in [6.07, 6.45) is 3.72. The second-order valence-corrected chi connectivity index (χ2v) is 8.97. The van der Waals surface area contributed by atoms with E-state index in [0.717, 1.165) is 5.92 Å². The van der Waals surface area contributed by atoms with Crippen LogP contribution in [0.5, 0.6) is 0 Å². The van der Waals surface area contributed by atoms with E-state index in [2.05, 4.69) is 53.4 Å². The molecular formula is C19H37NO2. The standard InChI is InChI=1S/C19H37NO2/c1-13(2)20(14(3)4)11-16(21)12-22-17-10-15-8-9-19(17,7)18(15,5)6/h13-17,21H,8-12H2,1-7H3/t15-,16-,17+,19-/m0/s1. The third kappa shape index (κ3) is 3.09. The Morgan fingerprint density at radius 1 is 1.14 bits per heavy atom. The van der Waals surface area contributed by atoms with Crippen molar-refractivity contribution in [3.05, 3.63) is 0 Å². The van der Waals surface area contributed by atoms with E-state index in [-0.39, 0.29) is 5.41 Å². The molecule has 2 fully saturated rings. The van der Waals surface area contributed by atoms with E-state index >= 15 is 0 Å². The highest BCUT2D eigenvalue weighted by molar-refractivity contribution is 5.11. The topological polar surface area (TPSA) is 32.7 Å². The van der Waals surface area contributed by atoms with Gasteiger partial charge in [0.1, 0.15) is 0 Å². The first kappa shape index (κ1) is 18.2. The summed E-state index contributed by atoms with van der Waals surface area (Å²) in [4.78, 5) is 2.33. The molecule has 3 nitrogen and oxygen atoms in total. The number of aliphatic hydroxyl groups excluding tert-OH is 1. The molecular weight excluding hydrogens is 274 g/mol. The Labute approximate surface area is 137 Å². The summed E-state index contributed by atoms with van der Waals surface area (Å²) in [5, 5.41) is 10.4. The molecule has 2 bridgehead atoms. The van der Waals surface area contributed by atoms with Crippen molar-refractivity contribution in [2.75, 3.05) is 13.2 Å². The molecule has 0 unspecified atom stereocenters. The lowest BCUT2D eigenvalue weighted by atomic mass is 9.70. The molecule has 0 heterocycles. The highest BCUT2D eigenvalue weighted by atomic mass is 16.5. The Morgan fingerprint density at radius 3 is 2.14 bits per heavy atom. The molecule has 2 rings (SSSR count). The maximum absolute atomic E-state index is 10.4. The molecule has 0 amide bonds. The summed E-state index contributed by atoms with van der Waals surface area (Å²) in [7, 11) is 0. The van der Waals surface area contributed by atoms with Crippen molar-refractivity contribution in [2.45, 2.75) is 92.0 Å². The number of nitrogens with zero attached hydrogens (tertiary/aromatic N) is 1.